The summed E-state index contributed by atoms with van der Waals surface area (Å²) < 4.78 is 0. The zero-order valence-corrected chi connectivity index (χ0v) is 12.4. The number of carbonyl (C=O) groups is 1. The van der Waals surface area contributed by atoms with Crippen LogP contribution in [0, 0.1) is 0 Å². The Morgan fingerprint density at radius 1 is 1.35 bits per heavy atom. The molecule has 0 unspecified atom stereocenters. The summed E-state index contributed by atoms with van der Waals surface area (Å²) in [5, 5.41) is 4.27. The lowest BCUT2D eigenvalue weighted by Gasteiger charge is -2.28. The van der Waals surface area contributed by atoms with Gasteiger partial charge in [-0.2, -0.15) is 11.8 Å². The largest absolute Gasteiger partial charge is 0.361 e. The molecular weight excluding hydrogens is 270 g/mol. The van der Waals surface area contributed by atoms with E-state index in [0.29, 0.717) is 0 Å². The lowest BCUT2D eigenvalue weighted by molar-refractivity contribution is 0.200. The van der Waals surface area contributed by atoms with Gasteiger partial charge in [-0.05, 0) is 36.1 Å². The van der Waals surface area contributed by atoms with Crippen LogP contribution in [0.25, 0.3) is 10.9 Å². The third kappa shape index (κ3) is 2.77. The van der Waals surface area contributed by atoms with E-state index in [1.807, 2.05) is 29.8 Å². The average Bonchev–Trinajstić information content (AvgIpc) is 2.95. The molecule has 0 spiro atoms. The van der Waals surface area contributed by atoms with E-state index in [1.54, 1.807) is 0 Å². The van der Waals surface area contributed by atoms with Crippen LogP contribution in [0.3, 0.4) is 0 Å². The van der Waals surface area contributed by atoms with Gasteiger partial charge in [0.05, 0.1) is 6.04 Å². The van der Waals surface area contributed by atoms with E-state index in [0.717, 1.165) is 35.7 Å². The van der Waals surface area contributed by atoms with Gasteiger partial charge in [-0.15, -0.1) is 0 Å². The zero-order valence-electron chi connectivity index (χ0n) is 11.6. The molecule has 0 bridgehead atoms. The molecule has 2 aromatic rings. The first-order chi connectivity index (χ1) is 9.74. The minimum atomic E-state index is 0.0244. The molecule has 2 N–H and O–H groups in total. The molecule has 5 heteroatoms. The number of hydrogen-bond acceptors (Lipinski definition) is 2. The molecule has 1 aromatic heterocycles. The average molecular weight is 289 g/mol. The number of rotatable bonds is 2. The summed E-state index contributed by atoms with van der Waals surface area (Å²) in [4.78, 5) is 17.3. The van der Waals surface area contributed by atoms with Crippen LogP contribution in [-0.2, 0) is 0 Å². The van der Waals surface area contributed by atoms with E-state index in [2.05, 4.69) is 34.6 Å². The number of H-pyrrole nitrogens is 1. The molecule has 1 saturated heterocycles. The monoisotopic (exact) mass is 289 g/mol. The number of urea groups is 1. The molecule has 0 saturated carbocycles. The Balaban J connectivity index is 1.68. The van der Waals surface area contributed by atoms with E-state index in [1.165, 1.54) is 5.39 Å². The Labute approximate surface area is 122 Å². The van der Waals surface area contributed by atoms with E-state index in [-0.39, 0.29) is 12.1 Å². The number of thioether (sulfide) groups is 1. The van der Waals surface area contributed by atoms with Gasteiger partial charge in [0.2, 0.25) is 0 Å². The highest BCUT2D eigenvalue weighted by molar-refractivity contribution is 7.99. The first-order valence-electron chi connectivity index (χ1n) is 6.94. The summed E-state index contributed by atoms with van der Waals surface area (Å²) in [7, 11) is 0. The van der Waals surface area contributed by atoms with Gasteiger partial charge in [0, 0.05) is 36.3 Å². The van der Waals surface area contributed by atoms with Gasteiger partial charge in [-0.1, -0.05) is 6.07 Å². The van der Waals surface area contributed by atoms with Crippen LogP contribution in [-0.4, -0.2) is 40.5 Å². The van der Waals surface area contributed by atoms with E-state index in [9.17, 15) is 4.79 Å². The van der Waals surface area contributed by atoms with Gasteiger partial charge in [-0.3, -0.25) is 0 Å². The molecule has 106 valence electrons. The van der Waals surface area contributed by atoms with Crippen LogP contribution >= 0.6 is 11.8 Å². The molecule has 4 nitrogen and oxygen atoms in total. The molecule has 2 heterocycles. The van der Waals surface area contributed by atoms with Gasteiger partial charge in [0.15, 0.2) is 0 Å². The Bertz CT molecular complexity index is 604. The van der Waals surface area contributed by atoms with Crippen molar-refractivity contribution in [1.29, 1.82) is 0 Å². The second kappa shape index (κ2) is 5.79. The van der Waals surface area contributed by atoms with Crippen molar-refractivity contribution in [3.8, 4) is 0 Å². The predicted octanol–water partition coefficient (Wildman–Crippen LogP) is 2.99. The van der Waals surface area contributed by atoms with Crippen LogP contribution in [0.15, 0.2) is 30.5 Å². The molecule has 1 aliphatic heterocycles. The molecule has 0 aliphatic carbocycles. The maximum Gasteiger partial charge on any atom is 0.317 e. The van der Waals surface area contributed by atoms with Gasteiger partial charge < -0.3 is 15.2 Å². The summed E-state index contributed by atoms with van der Waals surface area (Å²) in [6, 6.07) is 8.38. The lowest BCUT2D eigenvalue weighted by Crippen LogP contribution is -2.45. The number of benzene rings is 1. The van der Waals surface area contributed by atoms with Crippen molar-refractivity contribution in [3.63, 3.8) is 0 Å². The van der Waals surface area contributed by atoms with Crippen LogP contribution < -0.4 is 5.32 Å². The molecule has 0 radical (unpaired) electrons. The smallest absolute Gasteiger partial charge is 0.317 e. The Hall–Kier alpha value is -1.62. The highest BCUT2D eigenvalue weighted by Gasteiger charge is 2.18. The normalized spacial score (nSPS) is 17.1. The topological polar surface area (TPSA) is 48.1 Å². The maximum atomic E-state index is 12.2. The van der Waals surface area contributed by atoms with Crippen molar-refractivity contribution < 1.29 is 4.79 Å². The minimum Gasteiger partial charge on any atom is -0.361 e. The number of aromatic nitrogens is 1. The van der Waals surface area contributed by atoms with Gasteiger partial charge in [-0.25, -0.2) is 4.79 Å². The van der Waals surface area contributed by atoms with E-state index < -0.39 is 0 Å². The van der Waals surface area contributed by atoms with Crippen molar-refractivity contribution >= 4 is 28.7 Å². The van der Waals surface area contributed by atoms with Gasteiger partial charge in [0.25, 0.3) is 0 Å². The van der Waals surface area contributed by atoms with Crippen LogP contribution in [0.4, 0.5) is 4.79 Å². The highest BCUT2D eigenvalue weighted by atomic mass is 32.2. The van der Waals surface area contributed by atoms with Crippen LogP contribution in [0.2, 0.25) is 0 Å². The maximum absolute atomic E-state index is 12.2. The predicted molar refractivity (Wildman–Crippen MR) is 84.1 cm³/mol. The fourth-order valence-corrected chi connectivity index (χ4v) is 3.37. The van der Waals surface area contributed by atoms with Crippen LogP contribution in [0.1, 0.15) is 18.5 Å². The third-order valence-electron chi connectivity index (χ3n) is 3.72. The van der Waals surface area contributed by atoms with Crippen molar-refractivity contribution in [3.05, 3.63) is 36.0 Å². The fourth-order valence-electron chi connectivity index (χ4n) is 2.47. The van der Waals surface area contributed by atoms with Crippen molar-refractivity contribution in [2.24, 2.45) is 0 Å². The van der Waals surface area contributed by atoms with E-state index >= 15 is 0 Å². The van der Waals surface area contributed by atoms with Gasteiger partial charge in [0.1, 0.15) is 0 Å². The Kier molecular flexibility index (Phi) is 3.87. The highest BCUT2D eigenvalue weighted by Crippen LogP contribution is 2.20. The number of nitrogens with zero attached hydrogens (tertiary/aromatic N) is 1. The zero-order chi connectivity index (χ0) is 13.9. The molecule has 1 fully saturated rings. The second-order valence-corrected chi connectivity index (χ2v) is 6.32. The fraction of sp³-hybridized carbons (Fsp3) is 0.400. The van der Waals surface area contributed by atoms with Crippen LogP contribution in [0.5, 0.6) is 0 Å². The molecule has 1 atom stereocenters. The molecule has 20 heavy (non-hydrogen) atoms. The molecule has 1 aliphatic rings. The van der Waals surface area contributed by atoms with Crippen molar-refractivity contribution in [2.75, 3.05) is 24.6 Å². The van der Waals surface area contributed by atoms with Crippen molar-refractivity contribution in [2.45, 2.75) is 13.0 Å². The quantitative estimate of drug-likeness (QED) is 0.893. The number of nitrogens with one attached hydrogen (secondary N) is 2. The first kappa shape index (κ1) is 13.4. The third-order valence-corrected chi connectivity index (χ3v) is 4.66. The molecule has 3 rings (SSSR count). The number of aromatic amines is 1. The Morgan fingerprint density at radius 2 is 2.15 bits per heavy atom. The summed E-state index contributed by atoms with van der Waals surface area (Å²) in [6.07, 6.45) is 1.93. The lowest BCUT2D eigenvalue weighted by atomic mass is 10.1. The number of carbonyl (C=O) groups excluding carboxylic acids is 1. The number of fused-ring (bicyclic) bond motifs is 1. The summed E-state index contributed by atoms with van der Waals surface area (Å²) in [5.41, 5.74) is 2.26. The minimum absolute atomic E-state index is 0.0244. The molecule has 1 aromatic carbocycles. The summed E-state index contributed by atoms with van der Waals surface area (Å²) >= 11 is 1.91. The summed E-state index contributed by atoms with van der Waals surface area (Å²) in [6.45, 7) is 3.73. The SMILES string of the molecule is C[C@@H](NC(=O)N1CCSCC1)c1ccc2[nH]ccc2c1. The number of amides is 2. The van der Waals surface area contributed by atoms with E-state index in [4.69, 9.17) is 0 Å². The molecular formula is C15H19N3OS. The first-order valence-corrected chi connectivity index (χ1v) is 8.10. The standard InChI is InChI=1S/C15H19N3OS/c1-11(17-15(19)18-6-8-20-9-7-18)12-2-3-14-13(10-12)4-5-16-14/h2-5,10-11,16H,6-9H2,1H3,(H,17,19)/t11-/m1/s1. The number of hydrogen-bond donors (Lipinski definition) is 2. The second-order valence-electron chi connectivity index (χ2n) is 5.09. The van der Waals surface area contributed by atoms with Crippen molar-refractivity contribution in [1.82, 2.24) is 15.2 Å². The van der Waals surface area contributed by atoms with Gasteiger partial charge >= 0.3 is 6.03 Å². The molecule has 2 amide bonds. The Morgan fingerprint density at radius 3 is 2.95 bits per heavy atom. The summed E-state index contributed by atoms with van der Waals surface area (Å²) in [5.74, 6) is 2.08.